The molecule has 0 saturated heterocycles. The lowest BCUT2D eigenvalue weighted by molar-refractivity contribution is -0.378. The zero-order chi connectivity index (χ0) is 35.1. The number of nitrogens with zero attached hydrogens (tertiary/aromatic N) is 1. The van der Waals surface area contributed by atoms with Gasteiger partial charge in [0.25, 0.3) is 0 Å². The highest BCUT2D eigenvalue weighted by atomic mass is 35.5. The van der Waals surface area contributed by atoms with Crippen LogP contribution < -0.4 is 22.7 Å². The first-order chi connectivity index (χ1) is 22.3. The first-order valence-corrected chi connectivity index (χ1v) is 18.8. The SMILES string of the molecule is CC(C)N(CC(=O)NCc1ccc[nH+]c1)C(=O)[C@@]1(C)CC[C@]2(C)CC[C@]3(C)C(=CC(=O)[C@@H]4[C@@]5(C)CC[C@H](O)C(C)(C)[C@@H]5CC[C@]43C)[C@@H]2C1.[Cl-]. The van der Waals surface area contributed by atoms with Crippen LogP contribution in [0, 0.1) is 50.2 Å². The number of aromatic nitrogens is 1. The average Bonchev–Trinajstić information content (AvgIpc) is 3.02. The van der Waals surface area contributed by atoms with Crippen LogP contribution in [0.5, 0.6) is 0 Å². The molecule has 8 heteroatoms. The second-order valence-corrected chi connectivity index (χ2v) is 18.8. The molecule has 7 nitrogen and oxygen atoms in total. The van der Waals surface area contributed by atoms with Crippen LogP contribution in [0.25, 0.3) is 0 Å². The molecule has 6 rings (SSSR count). The summed E-state index contributed by atoms with van der Waals surface area (Å²) in [5.41, 5.74) is 1.04. The maximum atomic E-state index is 14.7. The van der Waals surface area contributed by atoms with Gasteiger partial charge >= 0.3 is 0 Å². The van der Waals surface area contributed by atoms with Crippen molar-refractivity contribution >= 4 is 17.6 Å². The third kappa shape index (κ3) is 5.81. The number of rotatable bonds is 6. The number of aliphatic hydroxyl groups is 1. The van der Waals surface area contributed by atoms with Crippen LogP contribution in [0.4, 0.5) is 0 Å². The van der Waals surface area contributed by atoms with Crippen molar-refractivity contribution in [1.82, 2.24) is 10.2 Å². The van der Waals surface area contributed by atoms with Gasteiger partial charge in [0.2, 0.25) is 11.8 Å². The molecule has 0 bridgehead atoms. The molecule has 0 unspecified atom stereocenters. The highest BCUT2D eigenvalue weighted by Crippen LogP contribution is 2.75. The van der Waals surface area contributed by atoms with E-state index in [1.807, 2.05) is 38.4 Å². The van der Waals surface area contributed by atoms with Crippen LogP contribution in [0.3, 0.4) is 0 Å². The molecule has 1 heterocycles. The van der Waals surface area contributed by atoms with Gasteiger partial charge < -0.3 is 27.7 Å². The summed E-state index contributed by atoms with van der Waals surface area (Å²) >= 11 is 0. The van der Waals surface area contributed by atoms with Crippen molar-refractivity contribution in [2.24, 2.45) is 50.2 Å². The van der Waals surface area contributed by atoms with Gasteiger partial charge in [-0.1, -0.05) is 54.0 Å². The first-order valence-electron chi connectivity index (χ1n) is 18.8. The summed E-state index contributed by atoms with van der Waals surface area (Å²) in [5.74, 6) is 0.574. The number of amides is 2. The number of halogens is 1. The number of H-pyrrole nitrogens is 1. The van der Waals surface area contributed by atoms with E-state index in [0.717, 1.165) is 56.9 Å². The standard InChI is InChI=1S/C41H61N3O4.ClH/c1-26(2)44(25-33(47)43-24-27-11-10-20-42-23-27)35(48)38(6)17-16-37(5)18-19-40(8)28(29(37)22-38)21-30(45)34-39(7)14-13-32(46)36(3,4)31(39)12-15-41(34,40)9;/h10-11,20-21,23,26,29,31-32,34,46H,12-19,22,24-25H2,1-9H3,(H,43,47);1H/t29-,31-,32-,34+,37+,38-,39-,40+,41+;/m0./s1. The fourth-order valence-corrected chi connectivity index (χ4v) is 12.2. The molecule has 3 N–H and O–H groups in total. The van der Waals surface area contributed by atoms with Crippen LogP contribution in [0.1, 0.15) is 126 Å². The minimum atomic E-state index is -0.615. The number of pyridine rings is 1. The maximum Gasteiger partial charge on any atom is 0.239 e. The number of allylic oxidation sites excluding steroid dienone is 2. The van der Waals surface area contributed by atoms with Gasteiger partial charge in [0.15, 0.2) is 18.2 Å². The van der Waals surface area contributed by atoms with Gasteiger partial charge in [-0.3, -0.25) is 14.4 Å². The predicted octanol–water partition coefficient (Wildman–Crippen LogP) is 3.70. The summed E-state index contributed by atoms with van der Waals surface area (Å²) in [6, 6.07) is 3.75. The number of ketones is 1. The summed E-state index contributed by atoms with van der Waals surface area (Å²) in [5, 5.41) is 14.1. The van der Waals surface area contributed by atoms with E-state index in [-0.39, 0.29) is 87.6 Å². The number of hydrogen-bond acceptors (Lipinski definition) is 4. The molecule has 1 aromatic rings. The van der Waals surface area contributed by atoms with Crippen molar-refractivity contribution < 1.29 is 36.9 Å². The second-order valence-electron chi connectivity index (χ2n) is 18.8. The summed E-state index contributed by atoms with van der Waals surface area (Å²) in [7, 11) is 0. The Morgan fingerprint density at radius 1 is 1.00 bits per heavy atom. The second kappa shape index (κ2) is 12.8. The topological polar surface area (TPSA) is 101 Å². The summed E-state index contributed by atoms with van der Waals surface area (Å²) < 4.78 is 0. The molecule has 5 aliphatic rings. The lowest BCUT2D eigenvalue weighted by Crippen LogP contribution is -3.00. The molecule has 9 atom stereocenters. The molecule has 49 heavy (non-hydrogen) atoms. The lowest BCUT2D eigenvalue weighted by Gasteiger charge is -2.70. The Bertz CT molecular complexity index is 1490. The summed E-state index contributed by atoms with van der Waals surface area (Å²) in [6.45, 7) is 20.6. The Labute approximate surface area is 301 Å². The Morgan fingerprint density at radius 3 is 2.35 bits per heavy atom. The van der Waals surface area contributed by atoms with Gasteiger partial charge in [-0.25, -0.2) is 4.98 Å². The van der Waals surface area contributed by atoms with E-state index >= 15 is 0 Å². The molecule has 5 aliphatic carbocycles. The fraction of sp³-hybridized carbons (Fsp3) is 0.756. The quantitative estimate of drug-likeness (QED) is 0.474. The van der Waals surface area contributed by atoms with Crippen molar-refractivity contribution in [3.8, 4) is 0 Å². The van der Waals surface area contributed by atoms with Crippen LogP contribution in [0.2, 0.25) is 0 Å². The average molecular weight is 696 g/mol. The first kappa shape index (κ1) is 38.0. The smallest absolute Gasteiger partial charge is 0.239 e. The molecule has 1 aromatic heterocycles. The van der Waals surface area contributed by atoms with Crippen molar-refractivity contribution in [1.29, 1.82) is 0 Å². The predicted molar refractivity (Wildman–Crippen MR) is 187 cm³/mol. The highest BCUT2D eigenvalue weighted by molar-refractivity contribution is 5.96. The van der Waals surface area contributed by atoms with Crippen LogP contribution in [-0.2, 0) is 20.9 Å². The van der Waals surface area contributed by atoms with Gasteiger partial charge in [0.05, 0.1) is 12.6 Å². The number of aliphatic hydroxyl groups excluding tert-OH is 1. The van der Waals surface area contributed by atoms with Gasteiger partial charge in [-0.2, -0.15) is 0 Å². The Morgan fingerprint density at radius 2 is 1.69 bits per heavy atom. The highest BCUT2D eigenvalue weighted by Gasteiger charge is 2.70. The minimum absolute atomic E-state index is 0. The number of nitrogens with one attached hydrogen (secondary N) is 2. The third-order valence-electron chi connectivity index (χ3n) is 15.5. The summed E-state index contributed by atoms with van der Waals surface area (Å²) in [6.07, 6.45) is 13.7. The normalized spacial score (nSPS) is 40.8. The number of carbonyl (C=O) groups is 3. The van der Waals surface area contributed by atoms with E-state index in [2.05, 4.69) is 64.8 Å². The van der Waals surface area contributed by atoms with Crippen LogP contribution in [-0.4, -0.2) is 46.3 Å². The van der Waals surface area contributed by atoms with E-state index in [4.69, 9.17) is 0 Å². The van der Waals surface area contributed by atoms with Gasteiger partial charge in [0, 0.05) is 35.5 Å². The van der Waals surface area contributed by atoms with E-state index in [1.165, 1.54) is 5.57 Å². The monoisotopic (exact) mass is 695 g/mol. The third-order valence-corrected chi connectivity index (χ3v) is 15.5. The van der Waals surface area contributed by atoms with Crippen molar-refractivity contribution in [2.75, 3.05) is 6.54 Å². The van der Waals surface area contributed by atoms with Crippen molar-refractivity contribution in [2.45, 2.75) is 139 Å². The molecule has 0 radical (unpaired) electrons. The number of hydrogen-bond donors (Lipinski definition) is 2. The zero-order valence-corrected chi connectivity index (χ0v) is 32.3. The Kier molecular flexibility index (Phi) is 9.89. The van der Waals surface area contributed by atoms with Gasteiger partial charge in [0.1, 0.15) is 0 Å². The maximum absolute atomic E-state index is 14.7. The van der Waals surface area contributed by atoms with Crippen molar-refractivity contribution in [3.63, 3.8) is 0 Å². The molecule has 272 valence electrons. The molecule has 2 amide bonds. The number of aromatic amines is 1. The minimum Gasteiger partial charge on any atom is -1.00 e. The number of fused-ring (bicyclic) bond motifs is 7. The van der Waals surface area contributed by atoms with Gasteiger partial charge in [-0.05, 0) is 123 Å². The molecular formula is C41H62ClN3O4. The van der Waals surface area contributed by atoms with Crippen LogP contribution in [0.15, 0.2) is 36.2 Å². The van der Waals surface area contributed by atoms with E-state index in [1.54, 1.807) is 4.90 Å². The Hall–Kier alpha value is -2.25. The molecule has 0 aromatic carbocycles. The molecular weight excluding hydrogens is 634 g/mol. The van der Waals surface area contributed by atoms with Crippen molar-refractivity contribution in [3.05, 3.63) is 41.7 Å². The fourth-order valence-electron chi connectivity index (χ4n) is 12.2. The van der Waals surface area contributed by atoms with E-state index in [9.17, 15) is 19.5 Å². The zero-order valence-electron chi connectivity index (χ0n) is 31.5. The molecule has 0 aliphatic heterocycles. The van der Waals surface area contributed by atoms with E-state index in [0.29, 0.717) is 18.9 Å². The molecule has 0 spiro atoms. The Balaban J connectivity index is 0.00000468. The van der Waals surface area contributed by atoms with E-state index < -0.39 is 5.41 Å². The lowest BCUT2D eigenvalue weighted by atomic mass is 9.33. The van der Waals surface area contributed by atoms with Crippen LogP contribution >= 0.6 is 0 Å². The summed E-state index contributed by atoms with van der Waals surface area (Å²) in [4.78, 5) is 47.2. The number of carbonyl (C=O) groups excluding carboxylic acids is 3. The molecule has 4 fully saturated rings. The molecule has 4 saturated carbocycles. The largest absolute Gasteiger partial charge is 1.00 e. The van der Waals surface area contributed by atoms with Gasteiger partial charge in [-0.15, -0.1) is 0 Å².